The van der Waals surface area contributed by atoms with E-state index in [1.165, 1.54) is 5.56 Å². The molecule has 0 unspecified atom stereocenters. The monoisotopic (exact) mass is 332 g/mol. The van der Waals surface area contributed by atoms with E-state index >= 15 is 0 Å². The van der Waals surface area contributed by atoms with Gasteiger partial charge in [0.1, 0.15) is 0 Å². The van der Waals surface area contributed by atoms with Gasteiger partial charge in [-0.25, -0.2) is 13.1 Å². The third-order valence-corrected chi connectivity index (χ3v) is 5.18. The fourth-order valence-electron chi connectivity index (χ4n) is 2.48. The van der Waals surface area contributed by atoms with Gasteiger partial charge < -0.3 is 4.90 Å². The molecule has 0 bridgehead atoms. The average molecular weight is 332 g/mol. The third-order valence-electron chi connectivity index (χ3n) is 3.72. The number of nitrogens with one attached hydrogen (secondary N) is 1. The van der Waals surface area contributed by atoms with Gasteiger partial charge in [-0.2, -0.15) is 0 Å². The maximum atomic E-state index is 12.3. The zero-order chi connectivity index (χ0) is 16.9. The van der Waals surface area contributed by atoms with Gasteiger partial charge in [-0.1, -0.05) is 24.3 Å². The summed E-state index contributed by atoms with van der Waals surface area (Å²) in [6.45, 7) is 7.84. The zero-order valence-corrected chi connectivity index (χ0v) is 14.7. The van der Waals surface area contributed by atoms with E-state index in [-0.39, 0.29) is 0 Å². The first-order valence-corrected chi connectivity index (χ1v) is 9.28. The van der Waals surface area contributed by atoms with Crippen molar-refractivity contribution in [3.63, 3.8) is 0 Å². The summed E-state index contributed by atoms with van der Waals surface area (Å²) in [4.78, 5) is 2.47. The SMILES string of the molecule is CCN(CCNS(=O)(=O)c1cccc(C)c1)c1cccc(C)c1. The van der Waals surface area contributed by atoms with Gasteiger partial charge in [0.2, 0.25) is 10.0 Å². The highest BCUT2D eigenvalue weighted by molar-refractivity contribution is 7.89. The van der Waals surface area contributed by atoms with Crippen LogP contribution in [-0.2, 0) is 10.0 Å². The first kappa shape index (κ1) is 17.5. The molecule has 0 spiro atoms. The number of anilines is 1. The molecule has 0 amide bonds. The first-order chi connectivity index (χ1) is 10.9. The van der Waals surface area contributed by atoms with Crippen LogP contribution in [0.15, 0.2) is 53.4 Å². The number of aryl methyl sites for hydroxylation is 2. The second kappa shape index (κ2) is 7.62. The van der Waals surface area contributed by atoms with E-state index in [0.29, 0.717) is 18.0 Å². The molecule has 0 aliphatic carbocycles. The molecule has 0 fully saturated rings. The summed E-state index contributed by atoms with van der Waals surface area (Å²) in [5.74, 6) is 0. The highest BCUT2D eigenvalue weighted by Gasteiger charge is 2.14. The van der Waals surface area contributed by atoms with Gasteiger partial charge in [0, 0.05) is 25.3 Å². The summed E-state index contributed by atoms with van der Waals surface area (Å²) >= 11 is 0. The number of rotatable bonds is 7. The lowest BCUT2D eigenvalue weighted by molar-refractivity contribution is 0.580. The Hall–Kier alpha value is -1.85. The summed E-state index contributed by atoms with van der Waals surface area (Å²) in [6, 6.07) is 15.2. The number of benzene rings is 2. The summed E-state index contributed by atoms with van der Waals surface area (Å²) in [7, 11) is -3.45. The Morgan fingerprint density at radius 1 is 1.00 bits per heavy atom. The van der Waals surface area contributed by atoms with E-state index in [0.717, 1.165) is 17.8 Å². The summed E-state index contributed by atoms with van der Waals surface area (Å²) in [6.07, 6.45) is 0. The van der Waals surface area contributed by atoms with E-state index in [2.05, 4.69) is 35.6 Å². The van der Waals surface area contributed by atoms with Crippen molar-refractivity contribution < 1.29 is 8.42 Å². The quantitative estimate of drug-likeness (QED) is 0.847. The van der Waals surface area contributed by atoms with Crippen LogP contribution in [0.1, 0.15) is 18.1 Å². The van der Waals surface area contributed by atoms with Gasteiger partial charge in [-0.15, -0.1) is 0 Å². The highest BCUT2D eigenvalue weighted by atomic mass is 32.2. The van der Waals surface area contributed by atoms with Crippen molar-refractivity contribution in [1.29, 1.82) is 0 Å². The molecule has 2 aromatic carbocycles. The van der Waals surface area contributed by atoms with Crippen molar-refractivity contribution in [3.05, 3.63) is 59.7 Å². The largest absolute Gasteiger partial charge is 0.370 e. The smallest absolute Gasteiger partial charge is 0.240 e. The minimum atomic E-state index is -3.45. The minimum Gasteiger partial charge on any atom is -0.370 e. The number of hydrogen-bond acceptors (Lipinski definition) is 3. The molecule has 1 N–H and O–H groups in total. The van der Waals surface area contributed by atoms with Crippen LogP contribution in [0.2, 0.25) is 0 Å². The Bertz CT molecular complexity index is 757. The molecule has 2 aromatic rings. The number of sulfonamides is 1. The van der Waals surface area contributed by atoms with Crippen LogP contribution >= 0.6 is 0 Å². The van der Waals surface area contributed by atoms with Crippen LogP contribution in [0.4, 0.5) is 5.69 Å². The van der Waals surface area contributed by atoms with Crippen molar-refractivity contribution in [1.82, 2.24) is 4.72 Å². The average Bonchev–Trinajstić information content (AvgIpc) is 2.51. The fraction of sp³-hybridized carbons (Fsp3) is 0.333. The predicted octanol–water partition coefficient (Wildman–Crippen LogP) is 3.11. The second-order valence-electron chi connectivity index (χ2n) is 5.63. The van der Waals surface area contributed by atoms with Crippen LogP contribution in [0.3, 0.4) is 0 Å². The van der Waals surface area contributed by atoms with E-state index in [1.807, 2.05) is 25.1 Å². The Morgan fingerprint density at radius 3 is 2.26 bits per heavy atom. The molecule has 0 heterocycles. The maximum absolute atomic E-state index is 12.3. The number of likely N-dealkylation sites (N-methyl/N-ethyl adjacent to an activating group) is 1. The molecule has 0 radical (unpaired) electrons. The molecule has 0 saturated carbocycles. The topological polar surface area (TPSA) is 49.4 Å². The Morgan fingerprint density at radius 2 is 1.65 bits per heavy atom. The van der Waals surface area contributed by atoms with Crippen molar-refractivity contribution in [3.8, 4) is 0 Å². The van der Waals surface area contributed by atoms with Gasteiger partial charge in [-0.05, 0) is 56.2 Å². The Kier molecular flexibility index (Phi) is 5.80. The van der Waals surface area contributed by atoms with Crippen molar-refractivity contribution in [2.45, 2.75) is 25.7 Å². The van der Waals surface area contributed by atoms with Gasteiger partial charge in [-0.3, -0.25) is 0 Å². The molecule has 0 saturated heterocycles. The number of hydrogen-bond donors (Lipinski definition) is 1. The molecule has 23 heavy (non-hydrogen) atoms. The normalized spacial score (nSPS) is 11.4. The minimum absolute atomic E-state index is 0.316. The predicted molar refractivity (Wildman–Crippen MR) is 95.4 cm³/mol. The van der Waals surface area contributed by atoms with Crippen LogP contribution in [0.25, 0.3) is 0 Å². The van der Waals surface area contributed by atoms with Crippen LogP contribution in [0.5, 0.6) is 0 Å². The summed E-state index contributed by atoms with van der Waals surface area (Å²) < 4.78 is 27.3. The van der Waals surface area contributed by atoms with Crippen LogP contribution in [0, 0.1) is 13.8 Å². The van der Waals surface area contributed by atoms with E-state index < -0.39 is 10.0 Å². The molecule has 0 atom stereocenters. The molecule has 4 nitrogen and oxygen atoms in total. The summed E-state index contributed by atoms with van der Waals surface area (Å²) in [5.41, 5.74) is 3.24. The van der Waals surface area contributed by atoms with Gasteiger partial charge in [0.25, 0.3) is 0 Å². The highest BCUT2D eigenvalue weighted by Crippen LogP contribution is 2.15. The molecule has 2 rings (SSSR count). The molecule has 0 aromatic heterocycles. The lowest BCUT2D eigenvalue weighted by atomic mass is 10.2. The molecular formula is C18H24N2O2S. The second-order valence-corrected chi connectivity index (χ2v) is 7.40. The lowest BCUT2D eigenvalue weighted by Gasteiger charge is -2.23. The fourth-order valence-corrected chi connectivity index (χ4v) is 3.60. The third kappa shape index (κ3) is 4.81. The van der Waals surface area contributed by atoms with Gasteiger partial charge in [0.05, 0.1) is 4.90 Å². The summed E-state index contributed by atoms with van der Waals surface area (Å²) in [5, 5.41) is 0. The standard InChI is InChI=1S/C18H24N2O2S/c1-4-20(17-9-5-7-15(2)13-17)12-11-19-23(21,22)18-10-6-8-16(3)14-18/h5-10,13-14,19H,4,11-12H2,1-3H3. The van der Waals surface area contributed by atoms with E-state index in [4.69, 9.17) is 0 Å². The van der Waals surface area contributed by atoms with Gasteiger partial charge in [0.15, 0.2) is 0 Å². The van der Waals surface area contributed by atoms with Gasteiger partial charge >= 0.3 is 0 Å². The number of nitrogens with zero attached hydrogens (tertiary/aromatic N) is 1. The zero-order valence-electron chi connectivity index (χ0n) is 13.9. The lowest BCUT2D eigenvalue weighted by Crippen LogP contribution is -2.35. The van der Waals surface area contributed by atoms with Crippen LogP contribution in [-0.4, -0.2) is 28.1 Å². The molecule has 0 aliphatic heterocycles. The van der Waals surface area contributed by atoms with E-state index in [1.54, 1.807) is 18.2 Å². The maximum Gasteiger partial charge on any atom is 0.240 e. The van der Waals surface area contributed by atoms with Crippen LogP contribution < -0.4 is 9.62 Å². The first-order valence-electron chi connectivity index (χ1n) is 7.80. The van der Waals surface area contributed by atoms with Crippen molar-refractivity contribution in [2.75, 3.05) is 24.5 Å². The van der Waals surface area contributed by atoms with Crippen molar-refractivity contribution in [2.24, 2.45) is 0 Å². The van der Waals surface area contributed by atoms with Crippen molar-refractivity contribution >= 4 is 15.7 Å². The molecular weight excluding hydrogens is 308 g/mol. The molecule has 0 aliphatic rings. The Balaban J connectivity index is 2.00. The van der Waals surface area contributed by atoms with E-state index in [9.17, 15) is 8.42 Å². The Labute approximate surface area is 139 Å². The molecule has 5 heteroatoms. The molecule has 124 valence electrons.